The molecule has 0 saturated carbocycles. The van der Waals surface area contributed by atoms with E-state index in [0.29, 0.717) is 34.6 Å². The number of nitrogens with zero attached hydrogens (tertiary/aromatic N) is 3. The van der Waals surface area contributed by atoms with Gasteiger partial charge in [-0.2, -0.15) is 0 Å². The first kappa shape index (κ1) is 22.3. The molecule has 0 saturated heterocycles. The zero-order chi connectivity index (χ0) is 23.5. The average molecular weight is 491 g/mol. The fourth-order valence-electron chi connectivity index (χ4n) is 3.47. The molecule has 4 aromatic rings. The van der Waals surface area contributed by atoms with Gasteiger partial charge in [-0.15, -0.1) is 11.3 Å². The van der Waals surface area contributed by atoms with Crippen LogP contribution in [-0.4, -0.2) is 27.2 Å². The molecule has 0 radical (unpaired) electrons. The number of rotatable bonds is 7. The number of amides is 1. The van der Waals surface area contributed by atoms with Gasteiger partial charge >= 0.3 is 0 Å². The topological polar surface area (TPSA) is 87.6 Å². The molecule has 1 amide bonds. The lowest BCUT2D eigenvalue weighted by molar-refractivity contribution is 0.0954. The van der Waals surface area contributed by atoms with Crippen molar-refractivity contribution in [3.05, 3.63) is 99.9 Å². The lowest BCUT2D eigenvalue weighted by atomic mass is 10.2. The van der Waals surface area contributed by atoms with Crippen molar-refractivity contribution in [3.8, 4) is 0 Å². The number of para-hydroxylation sites is 1. The van der Waals surface area contributed by atoms with Crippen molar-refractivity contribution in [3.63, 3.8) is 0 Å². The second-order valence-corrected chi connectivity index (χ2v) is 9.74. The minimum atomic E-state index is -0.944. The summed E-state index contributed by atoms with van der Waals surface area (Å²) in [6.07, 6.45) is 4.16. The Hall–Kier alpha value is -3.53. The number of benzene rings is 2. The van der Waals surface area contributed by atoms with Gasteiger partial charge in [-0.1, -0.05) is 53.8 Å². The first-order chi connectivity index (χ1) is 16.6. The summed E-state index contributed by atoms with van der Waals surface area (Å²) in [6.45, 7) is 2.55. The van der Waals surface area contributed by atoms with Gasteiger partial charge in [-0.25, -0.2) is 9.97 Å². The number of nitrogens with one attached hydrogen (secondary N) is 1. The molecule has 0 spiro atoms. The number of allylic oxidation sites excluding steroid dienone is 1. The van der Waals surface area contributed by atoms with Crippen molar-refractivity contribution in [1.82, 2.24) is 15.3 Å². The van der Waals surface area contributed by atoms with Crippen LogP contribution in [0.3, 0.4) is 0 Å². The molecule has 2 aromatic carbocycles. The highest BCUT2D eigenvalue weighted by atomic mass is 32.1. The molecule has 1 aliphatic heterocycles. The van der Waals surface area contributed by atoms with Crippen molar-refractivity contribution in [2.24, 2.45) is 0 Å². The van der Waals surface area contributed by atoms with E-state index in [-0.39, 0.29) is 5.91 Å². The Morgan fingerprint density at radius 3 is 2.71 bits per heavy atom. The standard InChI is InChI=1S/C25H22N4O3S2/c1-16-23(24(31)26-14-21-28-19-9-5-6-10-20(19)33-21)34-25(27-16)29-12-11-18(13-22(29)30)32-15-17-7-3-2-4-8-17/h2-13,22,30H,14-15H2,1H3,(H,26,31). The predicted molar refractivity (Wildman–Crippen MR) is 135 cm³/mol. The normalized spacial score (nSPS) is 15.4. The maximum Gasteiger partial charge on any atom is 0.263 e. The van der Waals surface area contributed by atoms with Crippen LogP contribution in [0.15, 0.2) is 78.7 Å². The third-order valence-electron chi connectivity index (χ3n) is 5.20. The Bertz CT molecular complexity index is 1340. The van der Waals surface area contributed by atoms with Crippen LogP contribution >= 0.6 is 22.7 Å². The van der Waals surface area contributed by atoms with E-state index >= 15 is 0 Å². The molecule has 0 bridgehead atoms. The Morgan fingerprint density at radius 1 is 1.12 bits per heavy atom. The van der Waals surface area contributed by atoms with Crippen LogP contribution in [0.1, 0.15) is 25.9 Å². The smallest absolute Gasteiger partial charge is 0.263 e. The van der Waals surface area contributed by atoms with Gasteiger partial charge in [-0.3, -0.25) is 9.69 Å². The Kier molecular flexibility index (Phi) is 6.39. The number of fused-ring (bicyclic) bond motifs is 1. The van der Waals surface area contributed by atoms with Crippen molar-refractivity contribution < 1.29 is 14.6 Å². The molecular weight excluding hydrogens is 468 g/mol. The fourth-order valence-corrected chi connectivity index (χ4v) is 5.38. The Labute approximate surface area is 204 Å². The number of aliphatic hydroxyl groups excluding tert-OH is 1. The van der Waals surface area contributed by atoms with Gasteiger partial charge in [0.05, 0.1) is 22.5 Å². The van der Waals surface area contributed by atoms with E-state index in [1.54, 1.807) is 41.5 Å². The molecule has 1 unspecified atom stereocenters. The van der Waals surface area contributed by atoms with E-state index < -0.39 is 6.23 Å². The van der Waals surface area contributed by atoms with Crippen LogP contribution in [0.4, 0.5) is 5.13 Å². The highest BCUT2D eigenvalue weighted by Crippen LogP contribution is 2.30. The van der Waals surface area contributed by atoms with Gasteiger partial charge in [0, 0.05) is 12.3 Å². The van der Waals surface area contributed by atoms with E-state index in [2.05, 4.69) is 15.3 Å². The lowest BCUT2D eigenvalue weighted by Crippen LogP contribution is -2.31. The van der Waals surface area contributed by atoms with Crippen LogP contribution in [0.5, 0.6) is 0 Å². The average Bonchev–Trinajstić information content (AvgIpc) is 3.45. The molecule has 9 heteroatoms. The second-order valence-electron chi connectivity index (χ2n) is 7.65. The lowest BCUT2D eigenvalue weighted by Gasteiger charge is -2.25. The van der Waals surface area contributed by atoms with E-state index in [1.165, 1.54) is 11.3 Å². The summed E-state index contributed by atoms with van der Waals surface area (Å²) >= 11 is 2.80. The van der Waals surface area contributed by atoms with Gasteiger partial charge in [0.1, 0.15) is 22.3 Å². The summed E-state index contributed by atoms with van der Waals surface area (Å²) in [5.41, 5.74) is 2.59. The number of thiazole rings is 2. The fraction of sp³-hybridized carbons (Fsp3) is 0.160. The number of ether oxygens (including phenoxy) is 1. The number of carbonyl (C=O) groups excluding carboxylic acids is 1. The largest absolute Gasteiger partial charge is 0.489 e. The maximum atomic E-state index is 12.8. The minimum Gasteiger partial charge on any atom is -0.489 e. The van der Waals surface area contributed by atoms with Crippen LogP contribution < -0.4 is 10.2 Å². The van der Waals surface area contributed by atoms with Crippen molar-refractivity contribution in [2.45, 2.75) is 26.3 Å². The number of anilines is 1. The molecule has 1 aliphatic rings. The third kappa shape index (κ3) is 4.86. The molecule has 5 rings (SSSR count). The van der Waals surface area contributed by atoms with Crippen molar-refractivity contribution in [1.29, 1.82) is 0 Å². The van der Waals surface area contributed by atoms with Crippen LogP contribution in [-0.2, 0) is 17.9 Å². The summed E-state index contributed by atoms with van der Waals surface area (Å²) < 4.78 is 6.88. The number of hydrogen-bond donors (Lipinski definition) is 2. The zero-order valence-electron chi connectivity index (χ0n) is 18.3. The number of aryl methyl sites for hydroxylation is 1. The third-order valence-corrected chi connectivity index (χ3v) is 7.40. The van der Waals surface area contributed by atoms with E-state index in [1.807, 2.05) is 54.6 Å². The van der Waals surface area contributed by atoms with E-state index in [0.717, 1.165) is 20.8 Å². The van der Waals surface area contributed by atoms with Crippen molar-refractivity contribution >= 4 is 43.9 Å². The molecule has 1 atom stereocenters. The molecular formula is C25H22N4O3S2. The van der Waals surface area contributed by atoms with Gasteiger partial charge in [-0.05, 0) is 30.7 Å². The molecule has 34 heavy (non-hydrogen) atoms. The monoisotopic (exact) mass is 490 g/mol. The summed E-state index contributed by atoms with van der Waals surface area (Å²) in [6, 6.07) is 17.7. The summed E-state index contributed by atoms with van der Waals surface area (Å²) in [5.74, 6) is 0.369. The van der Waals surface area contributed by atoms with E-state index in [4.69, 9.17) is 4.74 Å². The van der Waals surface area contributed by atoms with Gasteiger partial charge in [0.15, 0.2) is 11.4 Å². The maximum absolute atomic E-state index is 12.8. The quantitative estimate of drug-likeness (QED) is 0.389. The molecule has 0 aliphatic carbocycles. The van der Waals surface area contributed by atoms with Crippen molar-refractivity contribution in [2.75, 3.05) is 4.90 Å². The van der Waals surface area contributed by atoms with Crippen LogP contribution in [0.2, 0.25) is 0 Å². The number of hydrogen-bond acceptors (Lipinski definition) is 8. The number of aliphatic hydroxyl groups is 1. The van der Waals surface area contributed by atoms with Gasteiger partial charge in [0.2, 0.25) is 0 Å². The molecule has 172 valence electrons. The SMILES string of the molecule is Cc1nc(N2C=CC(OCc3ccccc3)=CC2O)sc1C(=O)NCc1nc2ccccc2s1. The van der Waals surface area contributed by atoms with Gasteiger partial charge < -0.3 is 15.2 Å². The first-order valence-corrected chi connectivity index (χ1v) is 12.3. The highest BCUT2D eigenvalue weighted by molar-refractivity contribution is 7.18. The molecule has 2 N–H and O–H groups in total. The molecule has 7 nitrogen and oxygen atoms in total. The van der Waals surface area contributed by atoms with Crippen LogP contribution in [0.25, 0.3) is 10.2 Å². The highest BCUT2D eigenvalue weighted by Gasteiger charge is 2.23. The zero-order valence-corrected chi connectivity index (χ0v) is 20.0. The second kappa shape index (κ2) is 9.76. The number of carbonyl (C=O) groups is 1. The Morgan fingerprint density at radius 2 is 1.91 bits per heavy atom. The minimum absolute atomic E-state index is 0.210. The number of aromatic nitrogens is 2. The predicted octanol–water partition coefficient (Wildman–Crippen LogP) is 4.74. The van der Waals surface area contributed by atoms with Crippen LogP contribution in [0, 0.1) is 6.92 Å². The van der Waals surface area contributed by atoms with Gasteiger partial charge in [0.25, 0.3) is 5.91 Å². The summed E-state index contributed by atoms with van der Waals surface area (Å²) in [5, 5.41) is 14.9. The van der Waals surface area contributed by atoms with E-state index in [9.17, 15) is 9.90 Å². The molecule has 2 aromatic heterocycles. The summed E-state index contributed by atoms with van der Waals surface area (Å²) in [4.78, 5) is 24.0. The molecule has 0 fully saturated rings. The first-order valence-electron chi connectivity index (χ1n) is 10.7. The molecule has 3 heterocycles. The Balaban J connectivity index is 1.22. The summed E-state index contributed by atoms with van der Waals surface area (Å²) in [7, 11) is 0.